The molecule has 0 amide bonds. The molecule has 0 saturated carbocycles. The molecule has 1 aromatic carbocycles. The fraction of sp³-hybridized carbons (Fsp3) is 0.455. The van der Waals surface area contributed by atoms with Gasteiger partial charge in [0, 0.05) is 19.2 Å². The van der Waals surface area contributed by atoms with Crippen molar-refractivity contribution in [3.05, 3.63) is 28.8 Å². The summed E-state index contributed by atoms with van der Waals surface area (Å²) in [6.07, 6.45) is -5.12. The molecule has 1 rings (SSSR count). The SMILES string of the molecule is CN(CCC(F)(F)F)c1c(Cl)cccc1CO. The largest absolute Gasteiger partial charge is 0.392 e. The van der Waals surface area contributed by atoms with Gasteiger partial charge in [0.2, 0.25) is 0 Å². The van der Waals surface area contributed by atoms with E-state index in [1.165, 1.54) is 11.9 Å². The topological polar surface area (TPSA) is 23.5 Å². The summed E-state index contributed by atoms with van der Waals surface area (Å²) in [6.45, 7) is -0.452. The van der Waals surface area contributed by atoms with Crippen LogP contribution in [-0.4, -0.2) is 24.9 Å². The van der Waals surface area contributed by atoms with Gasteiger partial charge in [0.15, 0.2) is 0 Å². The van der Waals surface area contributed by atoms with Crippen LogP contribution in [-0.2, 0) is 6.61 Å². The Balaban J connectivity index is 2.84. The van der Waals surface area contributed by atoms with Gasteiger partial charge in [0.25, 0.3) is 0 Å². The molecule has 0 saturated heterocycles. The van der Waals surface area contributed by atoms with Crippen molar-refractivity contribution < 1.29 is 18.3 Å². The first-order valence-electron chi connectivity index (χ1n) is 5.01. The zero-order valence-corrected chi connectivity index (χ0v) is 10.0. The van der Waals surface area contributed by atoms with Crippen molar-refractivity contribution in [3.63, 3.8) is 0 Å². The molecule has 0 fully saturated rings. The molecular weight excluding hydrogens is 255 g/mol. The number of aliphatic hydroxyl groups is 1. The number of para-hydroxylation sites is 1. The molecule has 2 nitrogen and oxygen atoms in total. The zero-order chi connectivity index (χ0) is 13.1. The van der Waals surface area contributed by atoms with Crippen LogP contribution in [0.2, 0.25) is 5.02 Å². The molecule has 0 unspecified atom stereocenters. The van der Waals surface area contributed by atoms with Gasteiger partial charge < -0.3 is 10.0 Å². The fourth-order valence-electron chi connectivity index (χ4n) is 1.52. The highest BCUT2D eigenvalue weighted by Gasteiger charge is 2.27. The van der Waals surface area contributed by atoms with Gasteiger partial charge in [-0.15, -0.1) is 0 Å². The lowest BCUT2D eigenvalue weighted by molar-refractivity contribution is -0.132. The number of anilines is 1. The van der Waals surface area contributed by atoms with E-state index < -0.39 is 12.6 Å². The molecule has 96 valence electrons. The molecule has 0 heterocycles. The minimum Gasteiger partial charge on any atom is -0.392 e. The van der Waals surface area contributed by atoms with Gasteiger partial charge >= 0.3 is 6.18 Å². The number of benzene rings is 1. The van der Waals surface area contributed by atoms with Crippen molar-refractivity contribution in [1.82, 2.24) is 0 Å². The summed E-state index contributed by atoms with van der Waals surface area (Å²) in [5.41, 5.74) is 0.961. The number of halogens is 4. The van der Waals surface area contributed by atoms with Gasteiger partial charge in [-0.2, -0.15) is 13.2 Å². The van der Waals surface area contributed by atoms with Crippen molar-refractivity contribution in [3.8, 4) is 0 Å². The van der Waals surface area contributed by atoms with Crippen LogP contribution in [0.3, 0.4) is 0 Å². The third-order valence-corrected chi connectivity index (χ3v) is 2.66. The van der Waals surface area contributed by atoms with E-state index in [-0.39, 0.29) is 13.2 Å². The summed E-state index contributed by atoms with van der Waals surface area (Å²) in [5, 5.41) is 9.45. The van der Waals surface area contributed by atoms with Crippen LogP contribution in [0.1, 0.15) is 12.0 Å². The Bertz CT molecular complexity index is 381. The Labute approximate surface area is 103 Å². The Kier molecular flexibility index (Phi) is 4.65. The quantitative estimate of drug-likeness (QED) is 0.905. The van der Waals surface area contributed by atoms with Crippen LogP contribution >= 0.6 is 11.6 Å². The second-order valence-electron chi connectivity index (χ2n) is 3.69. The fourth-order valence-corrected chi connectivity index (χ4v) is 1.86. The van der Waals surface area contributed by atoms with Crippen molar-refractivity contribution in [1.29, 1.82) is 0 Å². The highest BCUT2D eigenvalue weighted by Crippen LogP contribution is 2.30. The predicted octanol–water partition coefficient (Wildman–Crippen LogP) is 3.22. The summed E-state index contributed by atoms with van der Waals surface area (Å²) >= 11 is 5.92. The molecule has 6 heteroatoms. The van der Waals surface area contributed by atoms with Gasteiger partial charge in [0.1, 0.15) is 0 Å². The number of hydrogen-bond donors (Lipinski definition) is 1. The maximum atomic E-state index is 12.1. The maximum absolute atomic E-state index is 12.1. The van der Waals surface area contributed by atoms with Crippen molar-refractivity contribution >= 4 is 17.3 Å². The lowest BCUT2D eigenvalue weighted by Gasteiger charge is -2.23. The molecular formula is C11H13ClF3NO. The number of alkyl halides is 3. The Hall–Kier alpha value is -0.940. The Morgan fingerprint density at radius 2 is 2.00 bits per heavy atom. The van der Waals surface area contributed by atoms with E-state index in [2.05, 4.69) is 0 Å². The summed E-state index contributed by atoms with van der Waals surface area (Å²) in [6, 6.07) is 4.86. The molecule has 1 N–H and O–H groups in total. The van der Waals surface area contributed by atoms with Gasteiger partial charge in [-0.1, -0.05) is 23.7 Å². The smallest absolute Gasteiger partial charge is 0.390 e. The minimum absolute atomic E-state index is 0.194. The van der Waals surface area contributed by atoms with Crippen LogP contribution in [0, 0.1) is 0 Å². The molecule has 0 radical (unpaired) electrons. The second-order valence-corrected chi connectivity index (χ2v) is 4.10. The zero-order valence-electron chi connectivity index (χ0n) is 9.26. The lowest BCUT2D eigenvalue weighted by atomic mass is 10.1. The van der Waals surface area contributed by atoms with Gasteiger partial charge in [-0.3, -0.25) is 0 Å². The van der Waals surface area contributed by atoms with Gasteiger partial charge in [-0.25, -0.2) is 0 Å². The van der Waals surface area contributed by atoms with Crippen LogP contribution in [0.15, 0.2) is 18.2 Å². The molecule has 0 atom stereocenters. The number of hydrogen-bond acceptors (Lipinski definition) is 2. The van der Waals surface area contributed by atoms with Crippen LogP contribution in [0.25, 0.3) is 0 Å². The minimum atomic E-state index is -4.20. The predicted molar refractivity (Wildman–Crippen MR) is 61.3 cm³/mol. The van der Waals surface area contributed by atoms with Crippen LogP contribution in [0.4, 0.5) is 18.9 Å². The molecule has 0 aliphatic rings. The second kappa shape index (κ2) is 5.60. The molecule has 1 aromatic rings. The number of nitrogens with zero attached hydrogens (tertiary/aromatic N) is 1. The molecule has 0 aromatic heterocycles. The van der Waals surface area contributed by atoms with Crippen LogP contribution in [0.5, 0.6) is 0 Å². The van der Waals surface area contributed by atoms with E-state index in [4.69, 9.17) is 16.7 Å². The van der Waals surface area contributed by atoms with E-state index in [9.17, 15) is 13.2 Å². The highest BCUT2D eigenvalue weighted by atomic mass is 35.5. The highest BCUT2D eigenvalue weighted by molar-refractivity contribution is 6.33. The molecule has 17 heavy (non-hydrogen) atoms. The monoisotopic (exact) mass is 267 g/mol. The Morgan fingerprint density at radius 3 is 2.53 bits per heavy atom. The third-order valence-electron chi connectivity index (χ3n) is 2.35. The Morgan fingerprint density at radius 1 is 1.35 bits per heavy atom. The first kappa shape index (κ1) is 14.1. The van der Waals surface area contributed by atoms with E-state index in [1.807, 2.05) is 0 Å². The summed E-state index contributed by atoms with van der Waals surface area (Å²) in [5.74, 6) is 0. The standard InChI is InChI=1S/C11H13ClF3NO/c1-16(6-5-11(13,14)15)10-8(7-17)3-2-4-9(10)12/h2-4,17H,5-7H2,1H3. The van der Waals surface area contributed by atoms with Crippen molar-refractivity contribution in [2.75, 3.05) is 18.5 Å². The number of aliphatic hydroxyl groups excluding tert-OH is 1. The van der Waals surface area contributed by atoms with E-state index >= 15 is 0 Å². The lowest BCUT2D eigenvalue weighted by Crippen LogP contribution is -2.25. The van der Waals surface area contributed by atoms with Crippen molar-refractivity contribution in [2.24, 2.45) is 0 Å². The van der Waals surface area contributed by atoms with E-state index in [1.54, 1.807) is 18.2 Å². The first-order chi connectivity index (χ1) is 7.85. The van der Waals surface area contributed by atoms with E-state index in [0.717, 1.165) is 0 Å². The number of rotatable bonds is 4. The third kappa shape index (κ3) is 4.09. The van der Waals surface area contributed by atoms with Crippen LogP contribution < -0.4 is 4.90 Å². The molecule has 0 bridgehead atoms. The van der Waals surface area contributed by atoms with Gasteiger partial charge in [0.05, 0.1) is 23.7 Å². The summed E-state index contributed by atoms with van der Waals surface area (Å²) in [4.78, 5) is 1.40. The van der Waals surface area contributed by atoms with Gasteiger partial charge in [-0.05, 0) is 6.07 Å². The molecule has 0 aliphatic carbocycles. The normalized spacial score (nSPS) is 11.6. The average Bonchev–Trinajstić information content (AvgIpc) is 2.24. The maximum Gasteiger partial charge on any atom is 0.390 e. The molecule has 0 aliphatic heterocycles. The summed E-state index contributed by atoms with van der Waals surface area (Å²) < 4.78 is 36.3. The first-order valence-corrected chi connectivity index (χ1v) is 5.39. The van der Waals surface area contributed by atoms with E-state index in [0.29, 0.717) is 16.3 Å². The summed E-state index contributed by atoms with van der Waals surface area (Å²) in [7, 11) is 1.52. The average molecular weight is 268 g/mol. The van der Waals surface area contributed by atoms with Crippen molar-refractivity contribution in [2.45, 2.75) is 19.2 Å². The molecule has 0 spiro atoms.